The van der Waals surface area contributed by atoms with Gasteiger partial charge in [0.15, 0.2) is 0 Å². The monoisotopic (exact) mass is 275 g/mol. The van der Waals surface area contributed by atoms with E-state index in [-0.39, 0.29) is 23.8 Å². The summed E-state index contributed by atoms with van der Waals surface area (Å²) in [7, 11) is 0. The van der Waals surface area contributed by atoms with Crippen molar-refractivity contribution in [3.8, 4) is 0 Å². The van der Waals surface area contributed by atoms with Gasteiger partial charge in [0.1, 0.15) is 0 Å². The highest BCUT2D eigenvalue weighted by Crippen LogP contribution is 2.41. The summed E-state index contributed by atoms with van der Waals surface area (Å²) < 4.78 is 0. The first-order valence-electron chi connectivity index (χ1n) is 6.66. The summed E-state index contributed by atoms with van der Waals surface area (Å²) in [4.78, 5) is 36.8. The van der Waals surface area contributed by atoms with Crippen LogP contribution in [0, 0.1) is 5.41 Å². The molecule has 1 aromatic rings. The maximum Gasteiger partial charge on any atom is 0.335 e. The molecule has 1 fully saturated rings. The van der Waals surface area contributed by atoms with Gasteiger partial charge in [-0.25, -0.2) is 4.79 Å². The standard InChI is InChI=1S/C15H17NO4/c1-3-15(4-2)9-12(17)16(14(15)20)11-7-5-6-10(8-11)13(18)19/h5-8H,3-4,9H2,1-2H3,(H,18,19). The van der Waals surface area contributed by atoms with E-state index in [4.69, 9.17) is 5.11 Å². The lowest BCUT2D eigenvalue weighted by Gasteiger charge is -2.23. The van der Waals surface area contributed by atoms with Crippen molar-refractivity contribution in [1.29, 1.82) is 0 Å². The Morgan fingerprint density at radius 1 is 1.30 bits per heavy atom. The Balaban J connectivity index is 2.43. The van der Waals surface area contributed by atoms with Gasteiger partial charge in [-0.3, -0.25) is 14.5 Å². The number of carboxylic acids is 1. The molecule has 0 aromatic heterocycles. The largest absolute Gasteiger partial charge is 0.478 e. The summed E-state index contributed by atoms with van der Waals surface area (Å²) in [5, 5.41) is 8.99. The van der Waals surface area contributed by atoms with Gasteiger partial charge in [0.05, 0.1) is 16.7 Å². The molecular formula is C15H17NO4. The number of anilines is 1. The SMILES string of the molecule is CCC1(CC)CC(=O)N(c2cccc(C(=O)O)c2)C1=O. The molecule has 2 rings (SSSR count). The van der Waals surface area contributed by atoms with Crippen molar-refractivity contribution in [2.75, 3.05) is 4.90 Å². The maximum atomic E-state index is 12.5. The molecule has 0 radical (unpaired) electrons. The fraction of sp³-hybridized carbons (Fsp3) is 0.400. The second-order valence-corrected chi connectivity index (χ2v) is 5.05. The molecule has 1 heterocycles. The van der Waals surface area contributed by atoms with Crippen molar-refractivity contribution < 1.29 is 19.5 Å². The lowest BCUT2D eigenvalue weighted by Crippen LogP contribution is -2.35. The Hall–Kier alpha value is -2.17. The van der Waals surface area contributed by atoms with E-state index in [2.05, 4.69) is 0 Å². The summed E-state index contributed by atoms with van der Waals surface area (Å²) in [6.07, 6.45) is 1.39. The fourth-order valence-corrected chi connectivity index (χ4v) is 2.64. The van der Waals surface area contributed by atoms with E-state index in [1.165, 1.54) is 18.2 Å². The Bertz CT molecular complexity index is 575. The topological polar surface area (TPSA) is 74.7 Å². The molecule has 2 amide bonds. The minimum atomic E-state index is -1.08. The third-order valence-corrected chi connectivity index (χ3v) is 4.10. The zero-order valence-corrected chi connectivity index (χ0v) is 11.5. The molecule has 1 N–H and O–H groups in total. The van der Waals surface area contributed by atoms with E-state index < -0.39 is 11.4 Å². The molecule has 0 atom stereocenters. The van der Waals surface area contributed by atoms with E-state index in [1.807, 2.05) is 13.8 Å². The maximum absolute atomic E-state index is 12.5. The second kappa shape index (κ2) is 5.07. The first-order chi connectivity index (χ1) is 9.45. The molecule has 20 heavy (non-hydrogen) atoms. The smallest absolute Gasteiger partial charge is 0.335 e. The zero-order chi connectivity index (χ0) is 14.9. The predicted octanol–water partition coefficient (Wildman–Crippen LogP) is 2.45. The number of aromatic carboxylic acids is 1. The number of hydrogen-bond acceptors (Lipinski definition) is 3. The van der Waals surface area contributed by atoms with E-state index in [9.17, 15) is 14.4 Å². The third-order valence-electron chi connectivity index (χ3n) is 4.10. The van der Waals surface area contributed by atoms with Gasteiger partial charge in [0, 0.05) is 6.42 Å². The summed E-state index contributed by atoms with van der Waals surface area (Å²) in [6.45, 7) is 3.79. The van der Waals surface area contributed by atoms with Crippen LogP contribution in [0.1, 0.15) is 43.5 Å². The first kappa shape index (κ1) is 14.2. The third kappa shape index (κ3) is 2.09. The van der Waals surface area contributed by atoms with Gasteiger partial charge in [0.25, 0.3) is 0 Å². The summed E-state index contributed by atoms with van der Waals surface area (Å²) >= 11 is 0. The summed E-state index contributed by atoms with van der Waals surface area (Å²) in [5.41, 5.74) is -0.242. The molecule has 1 saturated heterocycles. The highest BCUT2D eigenvalue weighted by atomic mass is 16.4. The van der Waals surface area contributed by atoms with Crippen LogP contribution in [0.25, 0.3) is 0 Å². The number of nitrogens with zero attached hydrogens (tertiary/aromatic N) is 1. The number of hydrogen-bond donors (Lipinski definition) is 1. The Labute approximate surface area is 117 Å². The molecule has 106 valence electrons. The van der Waals surface area contributed by atoms with Crippen LogP contribution in [0.15, 0.2) is 24.3 Å². The molecule has 0 unspecified atom stereocenters. The average Bonchev–Trinajstić information content (AvgIpc) is 2.70. The second-order valence-electron chi connectivity index (χ2n) is 5.05. The van der Waals surface area contributed by atoms with Crippen molar-refractivity contribution >= 4 is 23.5 Å². The summed E-state index contributed by atoms with van der Waals surface area (Å²) in [6, 6.07) is 5.92. The van der Waals surface area contributed by atoms with Crippen LogP contribution in [0.4, 0.5) is 5.69 Å². The lowest BCUT2D eigenvalue weighted by atomic mass is 9.81. The van der Waals surface area contributed by atoms with E-state index in [1.54, 1.807) is 6.07 Å². The number of amides is 2. The van der Waals surface area contributed by atoms with E-state index in [0.717, 1.165) is 4.90 Å². The van der Waals surface area contributed by atoms with Gasteiger partial charge < -0.3 is 5.11 Å². The van der Waals surface area contributed by atoms with Crippen molar-refractivity contribution in [2.45, 2.75) is 33.1 Å². The molecule has 0 bridgehead atoms. The molecule has 0 spiro atoms. The van der Waals surface area contributed by atoms with Crippen molar-refractivity contribution in [3.05, 3.63) is 29.8 Å². The van der Waals surface area contributed by atoms with Crippen molar-refractivity contribution in [1.82, 2.24) is 0 Å². The van der Waals surface area contributed by atoms with Gasteiger partial charge in [0.2, 0.25) is 11.8 Å². The Kier molecular flexibility index (Phi) is 3.61. The van der Waals surface area contributed by atoms with Crippen LogP contribution >= 0.6 is 0 Å². The number of rotatable bonds is 4. The van der Waals surface area contributed by atoms with Gasteiger partial charge in [-0.2, -0.15) is 0 Å². The fourth-order valence-electron chi connectivity index (χ4n) is 2.64. The highest BCUT2D eigenvalue weighted by Gasteiger charge is 2.49. The zero-order valence-electron chi connectivity index (χ0n) is 11.5. The first-order valence-corrected chi connectivity index (χ1v) is 6.66. The van der Waals surface area contributed by atoms with Crippen LogP contribution in [0.3, 0.4) is 0 Å². The molecular weight excluding hydrogens is 258 g/mol. The van der Waals surface area contributed by atoms with Gasteiger partial charge in [-0.1, -0.05) is 19.9 Å². The quantitative estimate of drug-likeness (QED) is 0.856. The van der Waals surface area contributed by atoms with Crippen LogP contribution in [0.2, 0.25) is 0 Å². The van der Waals surface area contributed by atoms with Crippen molar-refractivity contribution in [2.24, 2.45) is 5.41 Å². The molecule has 5 heteroatoms. The minimum absolute atomic E-state index is 0.0635. The van der Waals surface area contributed by atoms with Gasteiger partial charge in [-0.05, 0) is 31.0 Å². The number of carbonyl (C=O) groups excluding carboxylic acids is 2. The Morgan fingerprint density at radius 2 is 1.95 bits per heavy atom. The number of benzene rings is 1. The van der Waals surface area contributed by atoms with Crippen LogP contribution in [0.5, 0.6) is 0 Å². The predicted molar refractivity (Wildman–Crippen MR) is 73.5 cm³/mol. The lowest BCUT2D eigenvalue weighted by molar-refractivity contribution is -0.126. The van der Waals surface area contributed by atoms with Crippen LogP contribution in [-0.2, 0) is 9.59 Å². The highest BCUT2D eigenvalue weighted by molar-refractivity contribution is 6.22. The van der Waals surface area contributed by atoms with Gasteiger partial charge in [-0.15, -0.1) is 0 Å². The number of imide groups is 1. The molecule has 1 aromatic carbocycles. The average molecular weight is 275 g/mol. The molecule has 1 aliphatic rings. The van der Waals surface area contributed by atoms with Gasteiger partial charge >= 0.3 is 5.97 Å². The van der Waals surface area contributed by atoms with Crippen LogP contribution < -0.4 is 4.90 Å². The van der Waals surface area contributed by atoms with Crippen molar-refractivity contribution in [3.63, 3.8) is 0 Å². The molecule has 5 nitrogen and oxygen atoms in total. The van der Waals surface area contributed by atoms with E-state index in [0.29, 0.717) is 18.5 Å². The molecule has 1 aliphatic heterocycles. The normalized spacial score (nSPS) is 17.6. The van der Waals surface area contributed by atoms with Crippen LogP contribution in [-0.4, -0.2) is 22.9 Å². The molecule has 0 aliphatic carbocycles. The number of carboxylic acid groups (broad SMARTS) is 1. The minimum Gasteiger partial charge on any atom is -0.478 e. The number of carbonyl (C=O) groups is 3. The Morgan fingerprint density at radius 3 is 2.45 bits per heavy atom. The summed E-state index contributed by atoms with van der Waals surface area (Å²) in [5.74, 6) is -1.57. The molecule has 0 saturated carbocycles. The van der Waals surface area contributed by atoms with E-state index >= 15 is 0 Å².